The topological polar surface area (TPSA) is 75.0 Å². The molecule has 0 spiro atoms. The number of aromatic nitrogens is 2. The zero-order valence-electron chi connectivity index (χ0n) is 11.4. The van der Waals surface area contributed by atoms with Gasteiger partial charge in [-0.2, -0.15) is 0 Å². The average molecular weight is 260 g/mol. The number of carbonyl (C=O) groups excluding carboxylic acids is 1. The smallest absolute Gasteiger partial charge is 0.238 e. The largest absolute Gasteiger partial charge is 0.344 e. The minimum atomic E-state index is -0.434. The van der Waals surface area contributed by atoms with E-state index in [1.807, 2.05) is 24.3 Å². The maximum absolute atomic E-state index is 11.6. The molecule has 1 aromatic carbocycles. The van der Waals surface area contributed by atoms with Crippen LogP contribution in [0.3, 0.4) is 0 Å². The molecule has 102 valence electrons. The molecule has 1 aromatic heterocycles. The minimum absolute atomic E-state index is 0.0235. The van der Waals surface area contributed by atoms with Crippen molar-refractivity contribution in [3.8, 4) is 0 Å². The number of aryl methyl sites for hydroxylation is 1. The molecule has 0 bridgehead atoms. The van der Waals surface area contributed by atoms with Gasteiger partial charge in [-0.05, 0) is 25.5 Å². The first-order chi connectivity index (χ1) is 9.08. The summed E-state index contributed by atoms with van der Waals surface area (Å²) in [5.74, 6) is 0.937. The highest BCUT2D eigenvalue weighted by Gasteiger charge is 2.12. The molecule has 2 rings (SSSR count). The quantitative estimate of drug-likeness (QED) is 0.851. The minimum Gasteiger partial charge on any atom is -0.344 e. The first kappa shape index (κ1) is 13.5. The molecule has 0 aliphatic heterocycles. The third-order valence-electron chi connectivity index (χ3n) is 3.11. The standard InChI is InChI=1S/C14H20N4O/c1-10(15)14(19)18(2)9-5-8-13-16-11-6-3-4-7-12(11)17-13/h3-4,6-7,10H,5,8-9,15H2,1-2H3,(H,16,17). The monoisotopic (exact) mass is 260 g/mol. The Morgan fingerprint density at radius 3 is 2.89 bits per heavy atom. The summed E-state index contributed by atoms with van der Waals surface area (Å²) in [7, 11) is 1.78. The van der Waals surface area contributed by atoms with Crippen LogP contribution in [-0.4, -0.2) is 40.4 Å². The van der Waals surface area contributed by atoms with Gasteiger partial charge in [0.05, 0.1) is 17.1 Å². The summed E-state index contributed by atoms with van der Waals surface area (Å²) in [5, 5.41) is 0. The number of fused-ring (bicyclic) bond motifs is 1. The number of benzene rings is 1. The second-order valence-electron chi connectivity index (χ2n) is 4.85. The summed E-state index contributed by atoms with van der Waals surface area (Å²) >= 11 is 0. The van der Waals surface area contributed by atoms with Crippen LogP contribution in [0.25, 0.3) is 11.0 Å². The lowest BCUT2D eigenvalue weighted by Gasteiger charge is -2.18. The number of rotatable bonds is 5. The number of carbonyl (C=O) groups is 1. The van der Waals surface area contributed by atoms with Gasteiger partial charge in [-0.3, -0.25) is 4.79 Å². The van der Waals surface area contributed by atoms with Crippen LogP contribution in [0.15, 0.2) is 24.3 Å². The fourth-order valence-electron chi connectivity index (χ4n) is 2.07. The maximum Gasteiger partial charge on any atom is 0.238 e. The molecule has 0 fully saturated rings. The zero-order valence-corrected chi connectivity index (χ0v) is 11.4. The van der Waals surface area contributed by atoms with E-state index in [1.165, 1.54) is 0 Å². The molecule has 0 aliphatic rings. The van der Waals surface area contributed by atoms with E-state index in [1.54, 1.807) is 18.9 Å². The lowest BCUT2D eigenvalue weighted by Crippen LogP contribution is -2.40. The van der Waals surface area contributed by atoms with Crippen molar-refractivity contribution in [2.75, 3.05) is 13.6 Å². The van der Waals surface area contributed by atoms with Crippen LogP contribution in [0, 0.1) is 0 Å². The van der Waals surface area contributed by atoms with Crippen LogP contribution in [0.2, 0.25) is 0 Å². The van der Waals surface area contributed by atoms with Gasteiger partial charge in [-0.1, -0.05) is 12.1 Å². The predicted molar refractivity (Wildman–Crippen MR) is 75.7 cm³/mol. The second kappa shape index (κ2) is 5.84. The molecule has 1 heterocycles. The second-order valence-corrected chi connectivity index (χ2v) is 4.85. The number of nitrogens with one attached hydrogen (secondary N) is 1. The summed E-state index contributed by atoms with van der Waals surface area (Å²) in [4.78, 5) is 21.1. The Morgan fingerprint density at radius 1 is 1.47 bits per heavy atom. The lowest BCUT2D eigenvalue weighted by atomic mass is 10.2. The number of nitrogens with zero attached hydrogens (tertiary/aromatic N) is 2. The molecule has 0 saturated carbocycles. The van der Waals surface area contributed by atoms with E-state index in [-0.39, 0.29) is 5.91 Å². The highest BCUT2D eigenvalue weighted by atomic mass is 16.2. The number of amides is 1. The predicted octanol–water partition coefficient (Wildman–Crippen LogP) is 1.30. The fraction of sp³-hybridized carbons (Fsp3) is 0.429. The van der Waals surface area contributed by atoms with E-state index in [4.69, 9.17) is 5.73 Å². The molecule has 19 heavy (non-hydrogen) atoms. The van der Waals surface area contributed by atoms with E-state index >= 15 is 0 Å². The average Bonchev–Trinajstić information content (AvgIpc) is 2.80. The third-order valence-corrected chi connectivity index (χ3v) is 3.11. The maximum atomic E-state index is 11.6. The van der Waals surface area contributed by atoms with Crippen molar-refractivity contribution in [3.05, 3.63) is 30.1 Å². The van der Waals surface area contributed by atoms with Crippen molar-refractivity contribution in [1.29, 1.82) is 0 Å². The summed E-state index contributed by atoms with van der Waals surface area (Å²) in [6.45, 7) is 2.40. The zero-order chi connectivity index (χ0) is 13.8. The van der Waals surface area contributed by atoms with Crippen LogP contribution in [0.1, 0.15) is 19.2 Å². The van der Waals surface area contributed by atoms with Crippen LogP contribution in [0.5, 0.6) is 0 Å². The molecule has 1 atom stereocenters. The number of aromatic amines is 1. The first-order valence-corrected chi connectivity index (χ1v) is 6.52. The van der Waals surface area contributed by atoms with E-state index in [9.17, 15) is 4.79 Å². The van der Waals surface area contributed by atoms with Crippen LogP contribution in [-0.2, 0) is 11.2 Å². The third kappa shape index (κ3) is 3.32. The molecule has 3 N–H and O–H groups in total. The number of nitrogens with two attached hydrogens (primary N) is 1. The Morgan fingerprint density at radius 2 is 2.21 bits per heavy atom. The van der Waals surface area contributed by atoms with Crippen molar-refractivity contribution < 1.29 is 4.79 Å². The normalized spacial score (nSPS) is 12.6. The van der Waals surface area contributed by atoms with Gasteiger partial charge in [0.25, 0.3) is 0 Å². The number of hydrogen-bond acceptors (Lipinski definition) is 3. The van der Waals surface area contributed by atoms with E-state index in [0.29, 0.717) is 6.54 Å². The summed E-state index contributed by atoms with van der Waals surface area (Å²) < 4.78 is 0. The summed E-state index contributed by atoms with van der Waals surface area (Å²) in [5.41, 5.74) is 7.60. The van der Waals surface area contributed by atoms with Gasteiger partial charge in [0, 0.05) is 20.0 Å². The molecule has 5 heteroatoms. The number of para-hydroxylation sites is 2. The van der Waals surface area contributed by atoms with Crippen molar-refractivity contribution in [3.63, 3.8) is 0 Å². The molecule has 2 aromatic rings. The van der Waals surface area contributed by atoms with Gasteiger partial charge >= 0.3 is 0 Å². The van der Waals surface area contributed by atoms with Crippen LogP contribution >= 0.6 is 0 Å². The van der Waals surface area contributed by atoms with Crippen LogP contribution in [0.4, 0.5) is 0 Å². The Kier molecular flexibility index (Phi) is 4.16. The highest BCUT2D eigenvalue weighted by Crippen LogP contribution is 2.11. The van der Waals surface area contributed by atoms with Gasteiger partial charge in [0.1, 0.15) is 5.82 Å². The fourth-order valence-corrected chi connectivity index (χ4v) is 2.07. The number of likely N-dealkylation sites (N-methyl/N-ethyl adjacent to an activating group) is 1. The van der Waals surface area contributed by atoms with E-state index in [0.717, 1.165) is 29.7 Å². The Bertz CT molecular complexity index is 528. The lowest BCUT2D eigenvalue weighted by molar-refractivity contribution is -0.130. The Balaban J connectivity index is 1.87. The van der Waals surface area contributed by atoms with Crippen molar-refractivity contribution in [2.24, 2.45) is 5.73 Å². The summed E-state index contributed by atoms with van der Waals surface area (Å²) in [6.07, 6.45) is 1.69. The number of H-pyrrole nitrogens is 1. The molecular weight excluding hydrogens is 240 g/mol. The molecule has 0 radical (unpaired) electrons. The van der Waals surface area contributed by atoms with Gasteiger partial charge < -0.3 is 15.6 Å². The molecule has 0 saturated heterocycles. The molecular formula is C14H20N4O. The number of imidazole rings is 1. The Labute approximate surface area is 112 Å². The highest BCUT2D eigenvalue weighted by molar-refractivity contribution is 5.80. The SMILES string of the molecule is CC(N)C(=O)N(C)CCCc1nc2ccccc2[nH]1. The van der Waals surface area contributed by atoms with E-state index < -0.39 is 6.04 Å². The number of hydrogen-bond donors (Lipinski definition) is 2. The van der Waals surface area contributed by atoms with E-state index in [2.05, 4.69) is 9.97 Å². The summed E-state index contributed by atoms with van der Waals surface area (Å²) in [6, 6.07) is 7.52. The van der Waals surface area contributed by atoms with Crippen LogP contribution < -0.4 is 5.73 Å². The first-order valence-electron chi connectivity index (χ1n) is 6.52. The molecule has 5 nitrogen and oxygen atoms in total. The van der Waals surface area contributed by atoms with Gasteiger partial charge in [0.2, 0.25) is 5.91 Å². The molecule has 1 unspecified atom stereocenters. The van der Waals surface area contributed by atoms with Crippen molar-refractivity contribution in [1.82, 2.24) is 14.9 Å². The van der Waals surface area contributed by atoms with Crippen molar-refractivity contribution in [2.45, 2.75) is 25.8 Å². The van der Waals surface area contributed by atoms with Gasteiger partial charge in [-0.15, -0.1) is 0 Å². The van der Waals surface area contributed by atoms with Gasteiger partial charge in [0.15, 0.2) is 0 Å². The molecule has 1 amide bonds. The molecule has 0 aliphatic carbocycles. The van der Waals surface area contributed by atoms with Gasteiger partial charge in [-0.25, -0.2) is 4.98 Å². The van der Waals surface area contributed by atoms with Crippen molar-refractivity contribution >= 4 is 16.9 Å². The Hall–Kier alpha value is -1.88.